The molecular weight excluding hydrogens is 343 g/mol. The molecule has 1 fully saturated rings. The highest BCUT2D eigenvalue weighted by Gasteiger charge is 2.37. The van der Waals surface area contributed by atoms with E-state index < -0.39 is 16.1 Å². The van der Waals surface area contributed by atoms with Gasteiger partial charge in [-0.3, -0.25) is 19.8 Å². The zero-order valence-electron chi connectivity index (χ0n) is 11.6. The van der Waals surface area contributed by atoms with Crippen LogP contribution in [0.5, 0.6) is 0 Å². The van der Waals surface area contributed by atoms with Gasteiger partial charge in [-0.05, 0) is 24.3 Å². The van der Waals surface area contributed by atoms with Gasteiger partial charge in [0.25, 0.3) is 5.69 Å². The summed E-state index contributed by atoms with van der Waals surface area (Å²) in [5.74, 6) is -0.607. The molecule has 1 aliphatic heterocycles. The Balaban J connectivity index is 2.07. The van der Waals surface area contributed by atoms with Crippen LogP contribution < -0.4 is 4.90 Å². The van der Waals surface area contributed by atoms with E-state index in [1.807, 2.05) is 0 Å². The lowest BCUT2D eigenvalue weighted by atomic mass is 10.1. The molecule has 2 aromatic rings. The van der Waals surface area contributed by atoms with E-state index in [2.05, 4.69) is 0 Å². The van der Waals surface area contributed by atoms with Crippen molar-refractivity contribution in [2.24, 2.45) is 0 Å². The normalized spacial score (nSPS) is 17.6. The van der Waals surface area contributed by atoms with E-state index in [1.165, 1.54) is 40.9 Å². The van der Waals surface area contributed by atoms with Crippen LogP contribution in [-0.4, -0.2) is 16.6 Å². The van der Waals surface area contributed by atoms with Crippen molar-refractivity contribution in [3.63, 3.8) is 0 Å². The molecule has 1 amide bonds. The number of para-hydroxylation sites is 1. The number of halogens is 2. The van der Waals surface area contributed by atoms with E-state index in [0.29, 0.717) is 11.3 Å². The second-order valence-electron chi connectivity index (χ2n) is 4.84. The quantitative estimate of drug-likeness (QED) is 0.614. The number of anilines is 1. The first-order valence-electron chi connectivity index (χ1n) is 6.61. The van der Waals surface area contributed by atoms with Gasteiger partial charge in [-0.1, -0.05) is 23.7 Å². The maximum absolute atomic E-state index is 13.3. The third kappa shape index (κ3) is 2.89. The molecule has 23 heavy (non-hydrogen) atoms. The lowest BCUT2D eigenvalue weighted by Crippen LogP contribution is -2.28. The second kappa shape index (κ2) is 6.17. The number of hydrogen-bond acceptors (Lipinski definition) is 4. The lowest BCUT2D eigenvalue weighted by molar-refractivity contribution is -0.385. The molecule has 2 aromatic carbocycles. The van der Waals surface area contributed by atoms with Crippen molar-refractivity contribution in [1.29, 1.82) is 0 Å². The summed E-state index contributed by atoms with van der Waals surface area (Å²) in [6.45, 7) is 0. The van der Waals surface area contributed by atoms with Crippen molar-refractivity contribution < 1.29 is 14.1 Å². The van der Waals surface area contributed by atoms with E-state index >= 15 is 0 Å². The van der Waals surface area contributed by atoms with E-state index in [4.69, 9.17) is 11.6 Å². The molecule has 1 heterocycles. The Morgan fingerprint density at radius 3 is 2.74 bits per heavy atom. The van der Waals surface area contributed by atoms with Crippen molar-refractivity contribution in [3.8, 4) is 0 Å². The Morgan fingerprint density at radius 1 is 1.30 bits per heavy atom. The molecule has 0 aromatic heterocycles. The minimum Gasteiger partial charge on any atom is -0.295 e. The standard InChI is InChI=1S/C15H10ClFN2O3S/c16-11-7-9(5-6-12(11)17)18-14(20)8-23-15(18)10-3-1-2-4-13(10)19(21)22/h1-7,15H,8H2/t15-/m0/s1. The Labute approximate surface area is 140 Å². The average molecular weight is 353 g/mol. The molecule has 0 N–H and O–H groups in total. The number of amides is 1. The van der Waals surface area contributed by atoms with Crippen molar-refractivity contribution in [2.75, 3.05) is 10.7 Å². The Hall–Kier alpha value is -2.12. The van der Waals surface area contributed by atoms with E-state index in [9.17, 15) is 19.3 Å². The molecule has 1 aliphatic rings. The lowest BCUT2D eigenvalue weighted by Gasteiger charge is -2.24. The van der Waals surface area contributed by atoms with Crippen LogP contribution >= 0.6 is 23.4 Å². The van der Waals surface area contributed by atoms with Crippen LogP contribution in [0, 0.1) is 15.9 Å². The number of hydrogen-bond donors (Lipinski definition) is 0. The topological polar surface area (TPSA) is 63.4 Å². The molecule has 1 atom stereocenters. The molecule has 0 unspecified atom stereocenters. The summed E-state index contributed by atoms with van der Waals surface area (Å²) in [6.07, 6.45) is 0. The maximum atomic E-state index is 13.3. The van der Waals surface area contributed by atoms with Gasteiger partial charge in [-0.25, -0.2) is 4.39 Å². The van der Waals surface area contributed by atoms with Crippen molar-refractivity contribution in [2.45, 2.75) is 5.37 Å². The first kappa shape index (κ1) is 15.8. The molecule has 118 valence electrons. The van der Waals surface area contributed by atoms with Gasteiger partial charge in [0.2, 0.25) is 5.91 Å². The molecule has 5 nitrogen and oxygen atoms in total. The largest absolute Gasteiger partial charge is 0.295 e. The zero-order valence-corrected chi connectivity index (χ0v) is 13.2. The minimum absolute atomic E-state index is 0.0575. The predicted octanol–water partition coefficient (Wildman–Crippen LogP) is 4.17. The first-order chi connectivity index (χ1) is 11.0. The Bertz CT molecular complexity index is 802. The monoisotopic (exact) mass is 352 g/mol. The highest BCUT2D eigenvalue weighted by molar-refractivity contribution is 8.00. The summed E-state index contributed by atoms with van der Waals surface area (Å²) in [7, 11) is 0. The number of benzene rings is 2. The molecule has 0 bridgehead atoms. The van der Waals surface area contributed by atoms with Gasteiger partial charge in [0.15, 0.2) is 0 Å². The van der Waals surface area contributed by atoms with Crippen LogP contribution in [0.25, 0.3) is 0 Å². The smallest absolute Gasteiger partial charge is 0.275 e. The fourth-order valence-electron chi connectivity index (χ4n) is 2.43. The molecule has 0 spiro atoms. The second-order valence-corrected chi connectivity index (χ2v) is 6.32. The van der Waals surface area contributed by atoms with Gasteiger partial charge in [0, 0.05) is 11.8 Å². The van der Waals surface area contributed by atoms with Crippen LogP contribution in [0.15, 0.2) is 42.5 Å². The van der Waals surface area contributed by atoms with Crippen LogP contribution in [0.2, 0.25) is 5.02 Å². The summed E-state index contributed by atoms with van der Waals surface area (Å²) in [5, 5.41) is 10.6. The number of rotatable bonds is 3. The molecule has 0 aliphatic carbocycles. The Morgan fingerprint density at radius 2 is 2.04 bits per heavy atom. The fraction of sp³-hybridized carbons (Fsp3) is 0.133. The fourth-order valence-corrected chi connectivity index (χ4v) is 3.81. The highest BCUT2D eigenvalue weighted by atomic mass is 35.5. The van der Waals surface area contributed by atoms with E-state index in [-0.39, 0.29) is 22.4 Å². The number of nitrogens with zero attached hydrogens (tertiary/aromatic N) is 2. The average Bonchev–Trinajstić information content (AvgIpc) is 2.91. The van der Waals surface area contributed by atoms with Gasteiger partial charge in [0.05, 0.1) is 21.3 Å². The molecular formula is C15H10ClFN2O3S. The zero-order chi connectivity index (χ0) is 16.6. The molecule has 0 saturated carbocycles. The summed E-state index contributed by atoms with van der Waals surface area (Å²) in [6, 6.07) is 10.2. The van der Waals surface area contributed by atoms with Crippen molar-refractivity contribution >= 4 is 40.6 Å². The summed E-state index contributed by atoms with van der Waals surface area (Å²) in [4.78, 5) is 24.4. The third-order valence-electron chi connectivity index (χ3n) is 3.45. The van der Waals surface area contributed by atoms with Crippen molar-refractivity contribution in [3.05, 3.63) is 69.0 Å². The van der Waals surface area contributed by atoms with Gasteiger partial charge in [-0.15, -0.1) is 11.8 Å². The molecule has 8 heteroatoms. The third-order valence-corrected chi connectivity index (χ3v) is 4.93. The van der Waals surface area contributed by atoms with E-state index in [0.717, 1.165) is 0 Å². The van der Waals surface area contributed by atoms with Crippen LogP contribution in [0.4, 0.5) is 15.8 Å². The number of carbonyl (C=O) groups excluding carboxylic acids is 1. The van der Waals surface area contributed by atoms with Crippen LogP contribution in [-0.2, 0) is 4.79 Å². The Kier molecular flexibility index (Phi) is 4.23. The number of nitro benzene ring substituents is 1. The maximum Gasteiger partial charge on any atom is 0.275 e. The number of carbonyl (C=O) groups is 1. The SMILES string of the molecule is O=C1CS[C@@H](c2ccccc2[N+](=O)[O-])N1c1ccc(F)c(Cl)c1. The minimum atomic E-state index is -0.586. The van der Waals surface area contributed by atoms with Crippen LogP contribution in [0.1, 0.15) is 10.9 Å². The van der Waals surface area contributed by atoms with Crippen LogP contribution in [0.3, 0.4) is 0 Å². The summed E-state index contributed by atoms with van der Waals surface area (Å²) in [5.41, 5.74) is 0.779. The molecule has 0 radical (unpaired) electrons. The number of thioether (sulfide) groups is 1. The van der Waals surface area contributed by atoms with Gasteiger partial charge >= 0.3 is 0 Å². The number of nitro groups is 1. The highest BCUT2D eigenvalue weighted by Crippen LogP contribution is 2.45. The summed E-state index contributed by atoms with van der Waals surface area (Å²) < 4.78 is 13.3. The molecule has 3 rings (SSSR count). The molecule has 1 saturated heterocycles. The van der Waals surface area contributed by atoms with Gasteiger partial charge in [0.1, 0.15) is 11.2 Å². The predicted molar refractivity (Wildman–Crippen MR) is 87.2 cm³/mol. The van der Waals surface area contributed by atoms with Crippen molar-refractivity contribution in [1.82, 2.24) is 0 Å². The van der Waals surface area contributed by atoms with E-state index in [1.54, 1.807) is 18.2 Å². The summed E-state index contributed by atoms with van der Waals surface area (Å²) >= 11 is 7.07. The van der Waals surface area contributed by atoms with Gasteiger partial charge in [-0.2, -0.15) is 0 Å². The van der Waals surface area contributed by atoms with Gasteiger partial charge < -0.3 is 0 Å². The first-order valence-corrected chi connectivity index (χ1v) is 8.03.